The molecule has 1 atom stereocenters. The molecule has 1 fully saturated rings. The molecule has 0 saturated heterocycles. The van der Waals surface area contributed by atoms with Crippen molar-refractivity contribution in [1.29, 1.82) is 0 Å². The number of hydrogen-bond acceptors (Lipinski definition) is 0. The zero-order chi connectivity index (χ0) is 13.0. The number of allylic oxidation sites excluding steroid dienone is 7. The lowest BCUT2D eigenvalue weighted by atomic mass is 9.79. The molecule has 0 aromatic carbocycles. The van der Waals surface area contributed by atoms with Crippen LogP contribution in [-0.4, -0.2) is 0 Å². The molecule has 0 aromatic rings. The first-order chi connectivity index (χ1) is 8.70. The lowest BCUT2D eigenvalue weighted by Gasteiger charge is -2.25. The minimum atomic E-state index is 0.605. The Hall–Kier alpha value is -1.04. The fourth-order valence-corrected chi connectivity index (χ4v) is 3.15. The van der Waals surface area contributed by atoms with Crippen molar-refractivity contribution < 1.29 is 0 Å². The zero-order valence-corrected chi connectivity index (χ0v) is 11.9. The standard InChI is InChI=1S/C18H26/c1-4-16(5-2)13-15(3)18(11-12-18)14-17-9-7-6-8-10-17/h4-7,9,15H,1,8,10-14H2,2-3H3. The van der Waals surface area contributed by atoms with E-state index in [0.717, 1.165) is 5.92 Å². The second-order valence-electron chi connectivity index (χ2n) is 6.00. The summed E-state index contributed by atoms with van der Waals surface area (Å²) in [5.74, 6) is 0.786. The van der Waals surface area contributed by atoms with Crippen LogP contribution in [0.4, 0.5) is 0 Å². The third-order valence-electron chi connectivity index (χ3n) is 4.79. The highest BCUT2D eigenvalue weighted by molar-refractivity contribution is 5.23. The Morgan fingerprint density at radius 3 is 2.78 bits per heavy atom. The van der Waals surface area contributed by atoms with Crippen LogP contribution in [0.2, 0.25) is 0 Å². The molecule has 2 rings (SSSR count). The van der Waals surface area contributed by atoms with Gasteiger partial charge in [-0.2, -0.15) is 0 Å². The average Bonchev–Trinajstić information content (AvgIpc) is 3.18. The monoisotopic (exact) mass is 242 g/mol. The van der Waals surface area contributed by atoms with E-state index in [1.165, 1.54) is 44.1 Å². The Kier molecular flexibility index (Phi) is 4.27. The summed E-state index contributed by atoms with van der Waals surface area (Å²) >= 11 is 0. The number of hydrogen-bond donors (Lipinski definition) is 0. The fraction of sp³-hybridized carbons (Fsp3) is 0.556. The Morgan fingerprint density at radius 1 is 1.50 bits per heavy atom. The zero-order valence-electron chi connectivity index (χ0n) is 11.9. The summed E-state index contributed by atoms with van der Waals surface area (Å²) in [4.78, 5) is 0. The van der Waals surface area contributed by atoms with Crippen molar-refractivity contribution in [2.75, 3.05) is 0 Å². The van der Waals surface area contributed by atoms with Crippen molar-refractivity contribution in [1.82, 2.24) is 0 Å². The Labute approximate surface area is 112 Å². The highest BCUT2D eigenvalue weighted by Gasteiger charge is 2.46. The van der Waals surface area contributed by atoms with Gasteiger partial charge >= 0.3 is 0 Å². The van der Waals surface area contributed by atoms with E-state index >= 15 is 0 Å². The van der Waals surface area contributed by atoms with Gasteiger partial charge in [0.2, 0.25) is 0 Å². The van der Waals surface area contributed by atoms with Gasteiger partial charge < -0.3 is 0 Å². The molecule has 1 unspecified atom stereocenters. The van der Waals surface area contributed by atoms with E-state index < -0.39 is 0 Å². The van der Waals surface area contributed by atoms with Crippen LogP contribution in [0.25, 0.3) is 0 Å². The van der Waals surface area contributed by atoms with Gasteiger partial charge in [0, 0.05) is 0 Å². The van der Waals surface area contributed by atoms with Gasteiger partial charge in [-0.25, -0.2) is 0 Å². The molecule has 0 aromatic heterocycles. The lowest BCUT2D eigenvalue weighted by molar-refractivity contribution is 0.325. The Morgan fingerprint density at radius 2 is 2.28 bits per heavy atom. The topological polar surface area (TPSA) is 0 Å². The van der Waals surface area contributed by atoms with Crippen LogP contribution in [0.5, 0.6) is 0 Å². The molecule has 0 heteroatoms. The molecule has 2 aliphatic rings. The second-order valence-corrected chi connectivity index (χ2v) is 6.00. The van der Waals surface area contributed by atoms with Gasteiger partial charge in [0.15, 0.2) is 0 Å². The van der Waals surface area contributed by atoms with Crippen molar-refractivity contribution >= 4 is 0 Å². The normalized spacial score (nSPS) is 23.4. The van der Waals surface area contributed by atoms with Crippen molar-refractivity contribution in [3.8, 4) is 0 Å². The smallest absolute Gasteiger partial charge is 0.0231 e. The predicted octanol–water partition coefficient (Wildman–Crippen LogP) is 5.59. The van der Waals surface area contributed by atoms with E-state index in [-0.39, 0.29) is 0 Å². The van der Waals surface area contributed by atoms with E-state index in [0.29, 0.717) is 5.41 Å². The molecule has 18 heavy (non-hydrogen) atoms. The average molecular weight is 242 g/mol. The molecule has 0 nitrogen and oxygen atoms in total. The molecular formula is C18H26. The van der Waals surface area contributed by atoms with Crippen LogP contribution in [0, 0.1) is 11.3 Å². The van der Waals surface area contributed by atoms with E-state index in [1.54, 1.807) is 5.57 Å². The van der Waals surface area contributed by atoms with Crippen molar-refractivity contribution in [2.24, 2.45) is 11.3 Å². The summed E-state index contributed by atoms with van der Waals surface area (Å²) in [6.07, 6.45) is 19.0. The molecule has 98 valence electrons. The molecule has 1 saturated carbocycles. The highest BCUT2D eigenvalue weighted by Crippen LogP contribution is 2.58. The highest BCUT2D eigenvalue weighted by atomic mass is 14.5. The summed E-state index contributed by atoms with van der Waals surface area (Å²) in [6.45, 7) is 8.47. The maximum absolute atomic E-state index is 3.91. The molecule has 0 bridgehead atoms. The third-order valence-corrected chi connectivity index (χ3v) is 4.79. The van der Waals surface area contributed by atoms with Gasteiger partial charge in [0.25, 0.3) is 0 Å². The quantitative estimate of drug-likeness (QED) is 0.532. The molecule has 0 aliphatic heterocycles. The molecule has 0 radical (unpaired) electrons. The summed E-state index contributed by atoms with van der Waals surface area (Å²) in [5, 5.41) is 0. The van der Waals surface area contributed by atoms with E-state index in [2.05, 4.69) is 44.7 Å². The van der Waals surface area contributed by atoms with Crippen LogP contribution in [0.15, 0.2) is 48.1 Å². The summed E-state index contributed by atoms with van der Waals surface area (Å²) in [7, 11) is 0. The van der Waals surface area contributed by atoms with Gasteiger partial charge in [-0.15, -0.1) is 0 Å². The summed E-state index contributed by atoms with van der Waals surface area (Å²) in [6, 6.07) is 0. The van der Waals surface area contributed by atoms with Crippen LogP contribution >= 0.6 is 0 Å². The maximum atomic E-state index is 3.91. The summed E-state index contributed by atoms with van der Waals surface area (Å²) in [5.41, 5.74) is 3.68. The van der Waals surface area contributed by atoms with Gasteiger partial charge in [-0.1, -0.05) is 55.0 Å². The van der Waals surface area contributed by atoms with Gasteiger partial charge in [0.1, 0.15) is 0 Å². The van der Waals surface area contributed by atoms with Gasteiger partial charge in [-0.3, -0.25) is 0 Å². The first-order valence-electron chi connectivity index (χ1n) is 7.32. The molecule has 0 amide bonds. The first-order valence-corrected chi connectivity index (χ1v) is 7.32. The summed E-state index contributed by atoms with van der Waals surface area (Å²) < 4.78 is 0. The minimum Gasteiger partial charge on any atom is -0.0988 e. The van der Waals surface area contributed by atoms with E-state index in [9.17, 15) is 0 Å². The minimum absolute atomic E-state index is 0.605. The number of rotatable bonds is 6. The largest absolute Gasteiger partial charge is 0.0988 e. The SMILES string of the molecule is C=CC(=CC)CC(C)C1(CC2=CC=CCC2)CC1. The fourth-order valence-electron chi connectivity index (χ4n) is 3.15. The molecule has 0 spiro atoms. The third kappa shape index (κ3) is 3.04. The van der Waals surface area contributed by atoms with Crippen molar-refractivity contribution in [2.45, 2.75) is 52.4 Å². The van der Waals surface area contributed by atoms with Crippen molar-refractivity contribution in [3.63, 3.8) is 0 Å². The van der Waals surface area contributed by atoms with Crippen LogP contribution in [0.3, 0.4) is 0 Å². The van der Waals surface area contributed by atoms with Crippen molar-refractivity contribution in [3.05, 3.63) is 48.1 Å². The Balaban J connectivity index is 1.96. The van der Waals surface area contributed by atoms with Gasteiger partial charge in [-0.05, 0) is 56.8 Å². The van der Waals surface area contributed by atoms with Crippen LogP contribution in [-0.2, 0) is 0 Å². The second kappa shape index (κ2) is 5.73. The maximum Gasteiger partial charge on any atom is -0.0231 e. The van der Waals surface area contributed by atoms with Crippen LogP contribution in [0.1, 0.15) is 52.4 Å². The van der Waals surface area contributed by atoms with E-state index in [1.807, 2.05) is 6.08 Å². The molecular weight excluding hydrogens is 216 g/mol. The molecule has 0 N–H and O–H groups in total. The lowest BCUT2D eigenvalue weighted by Crippen LogP contribution is -2.15. The first kappa shape index (κ1) is 13.4. The Bertz CT molecular complexity index is 388. The molecule has 2 aliphatic carbocycles. The molecule has 0 heterocycles. The predicted molar refractivity (Wildman–Crippen MR) is 80.5 cm³/mol. The van der Waals surface area contributed by atoms with E-state index in [4.69, 9.17) is 0 Å². The van der Waals surface area contributed by atoms with Gasteiger partial charge in [0.05, 0.1) is 0 Å². The van der Waals surface area contributed by atoms with Crippen LogP contribution < -0.4 is 0 Å².